The number of halogens is 2. The fourth-order valence-electron chi connectivity index (χ4n) is 2.81. The monoisotopic (exact) mass is 330 g/mol. The molecule has 0 bridgehead atoms. The van der Waals surface area contributed by atoms with Crippen molar-refractivity contribution in [3.63, 3.8) is 0 Å². The molecule has 2 N–H and O–H groups in total. The van der Waals surface area contributed by atoms with Crippen LogP contribution in [-0.4, -0.2) is 55.5 Å². The molecule has 1 aromatic carbocycles. The van der Waals surface area contributed by atoms with E-state index in [1.807, 2.05) is 0 Å². The summed E-state index contributed by atoms with van der Waals surface area (Å²) in [5, 5.41) is 13.6. The van der Waals surface area contributed by atoms with E-state index in [4.69, 9.17) is 16.3 Å². The van der Waals surface area contributed by atoms with E-state index in [-0.39, 0.29) is 5.82 Å². The van der Waals surface area contributed by atoms with Crippen LogP contribution >= 0.6 is 11.6 Å². The minimum Gasteiger partial charge on any atom is -0.389 e. The molecule has 1 saturated heterocycles. The Hall–Kier alpha value is -0.720. The Morgan fingerprint density at radius 3 is 2.82 bits per heavy atom. The number of hydrogen-bond donors (Lipinski definition) is 2. The quantitative estimate of drug-likeness (QED) is 0.803. The normalized spacial score (nSPS) is 18.5. The second-order valence-corrected chi connectivity index (χ2v) is 6.17. The Balaban J connectivity index is 1.74. The van der Waals surface area contributed by atoms with Gasteiger partial charge in [-0.3, -0.25) is 0 Å². The number of hydrogen-bond acceptors (Lipinski definition) is 4. The van der Waals surface area contributed by atoms with Crippen LogP contribution in [0.5, 0.6) is 0 Å². The summed E-state index contributed by atoms with van der Waals surface area (Å²) in [6.07, 6.45) is 1.52. The van der Waals surface area contributed by atoms with Crippen LogP contribution in [0.25, 0.3) is 0 Å². The molecule has 0 amide bonds. The van der Waals surface area contributed by atoms with Crippen molar-refractivity contribution < 1.29 is 14.2 Å². The van der Waals surface area contributed by atoms with Gasteiger partial charge in [0.2, 0.25) is 0 Å². The fraction of sp³-hybridized carbons (Fsp3) is 0.625. The largest absolute Gasteiger partial charge is 0.389 e. The van der Waals surface area contributed by atoms with Gasteiger partial charge in [-0.15, -0.1) is 0 Å². The highest BCUT2D eigenvalue weighted by Crippen LogP contribution is 2.19. The lowest BCUT2D eigenvalue weighted by Gasteiger charge is -2.33. The van der Waals surface area contributed by atoms with Crippen molar-refractivity contribution >= 4 is 11.6 Å². The number of ether oxygens (including phenoxy) is 1. The minimum atomic E-state index is -0.438. The maximum Gasteiger partial charge on any atom is 0.129 e. The summed E-state index contributed by atoms with van der Waals surface area (Å²) in [5.41, 5.74) is 0.530. The maximum atomic E-state index is 13.7. The molecule has 1 aliphatic rings. The summed E-state index contributed by atoms with van der Waals surface area (Å²) in [5.74, 6) is -0.264. The highest BCUT2D eigenvalue weighted by Gasteiger charge is 2.21. The number of aliphatic hydroxyl groups excluding tert-OH is 1. The molecule has 1 fully saturated rings. The van der Waals surface area contributed by atoms with Crippen LogP contribution in [0.3, 0.4) is 0 Å². The predicted molar refractivity (Wildman–Crippen MR) is 85.6 cm³/mol. The van der Waals surface area contributed by atoms with E-state index in [1.54, 1.807) is 19.2 Å². The Morgan fingerprint density at radius 2 is 2.18 bits per heavy atom. The van der Waals surface area contributed by atoms with Crippen molar-refractivity contribution in [3.8, 4) is 0 Å². The first-order valence-electron chi connectivity index (χ1n) is 7.65. The van der Waals surface area contributed by atoms with Crippen LogP contribution in [0.1, 0.15) is 18.4 Å². The summed E-state index contributed by atoms with van der Waals surface area (Å²) in [6.45, 7) is 3.29. The van der Waals surface area contributed by atoms with Crippen LogP contribution in [-0.2, 0) is 11.3 Å². The lowest BCUT2D eigenvalue weighted by atomic mass is 10.0. The molecule has 0 aromatic heterocycles. The molecule has 1 aromatic rings. The van der Waals surface area contributed by atoms with Crippen LogP contribution in [0, 0.1) is 5.82 Å². The maximum absolute atomic E-state index is 13.7. The number of benzene rings is 1. The van der Waals surface area contributed by atoms with Gasteiger partial charge in [-0.2, -0.15) is 0 Å². The molecule has 6 heteroatoms. The molecule has 0 radical (unpaired) electrons. The first-order chi connectivity index (χ1) is 10.6. The standard InChI is InChI=1S/C16H24ClFN2O2/c1-22-11-13(21)10-20-7-5-12(6-8-20)19-9-14-15(17)3-2-4-16(14)18/h2-4,12-13,19,21H,5-11H2,1H3/t13-/m1/s1. The second-order valence-electron chi connectivity index (χ2n) is 5.77. The second kappa shape index (κ2) is 8.79. The number of nitrogens with zero attached hydrogens (tertiary/aromatic N) is 1. The molecule has 0 aliphatic carbocycles. The van der Waals surface area contributed by atoms with E-state index in [0.717, 1.165) is 25.9 Å². The van der Waals surface area contributed by atoms with Gasteiger partial charge in [0.05, 0.1) is 12.7 Å². The van der Waals surface area contributed by atoms with E-state index in [1.165, 1.54) is 6.07 Å². The smallest absolute Gasteiger partial charge is 0.129 e. The molecular weight excluding hydrogens is 307 g/mol. The molecule has 2 rings (SSSR count). The summed E-state index contributed by atoms with van der Waals surface area (Å²) in [7, 11) is 1.59. The van der Waals surface area contributed by atoms with Gasteiger partial charge < -0.3 is 20.1 Å². The number of methoxy groups -OCH3 is 1. The number of nitrogens with one attached hydrogen (secondary N) is 1. The van der Waals surface area contributed by atoms with Gasteiger partial charge in [0.15, 0.2) is 0 Å². The van der Waals surface area contributed by atoms with Crippen molar-refractivity contribution in [1.82, 2.24) is 10.2 Å². The van der Waals surface area contributed by atoms with Gasteiger partial charge in [-0.1, -0.05) is 17.7 Å². The molecule has 1 atom stereocenters. The lowest BCUT2D eigenvalue weighted by Crippen LogP contribution is -2.45. The lowest BCUT2D eigenvalue weighted by molar-refractivity contribution is 0.0310. The van der Waals surface area contributed by atoms with Gasteiger partial charge >= 0.3 is 0 Å². The number of piperidine rings is 1. The summed E-state index contributed by atoms with van der Waals surface area (Å²) in [6, 6.07) is 5.11. The molecule has 124 valence electrons. The van der Waals surface area contributed by atoms with Gasteiger partial charge in [-0.25, -0.2) is 4.39 Å². The van der Waals surface area contributed by atoms with Crippen molar-refractivity contribution in [1.29, 1.82) is 0 Å². The molecular formula is C16H24ClFN2O2. The molecule has 22 heavy (non-hydrogen) atoms. The average molecular weight is 331 g/mol. The van der Waals surface area contributed by atoms with Gasteiger partial charge in [0, 0.05) is 36.8 Å². The topological polar surface area (TPSA) is 44.7 Å². The molecule has 0 unspecified atom stereocenters. The molecule has 1 aliphatic heterocycles. The number of rotatable bonds is 7. The third-order valence-corrected chi connectivity index (χ3v) is 4.40. The van der Waals surface area contributed by atoms with Crippen LogP contribution < -0.4 is 5.32 Å². The Kier molecular flexibility index (Phi) is 7.05. The van der Waals surface area contributed by atoms with Crippen molar-refractivity contribution in [2.45, 2.75) is 31.5 Å². The van der Waals surface area contributed by atoms with E-state index in [2.05, 4.69) is 10.2 Å². The first-order valence-corrected chi connectivity index (χ1v) is 8.03. The Morgan fingerprint density at radius 1 is 1.45 bits per heavy atom. The summed E-state index contributed by atoms with van der Waals surface area (Å²) < 4.78 is 18.6. The zero-order valence-electron chi connectivity index (χ0n) is 12.9. The van der Waals surface area contributed by atoms with Gasteiger partial charge in [0.25, 0.3) is 0 Å². The van der Waals surface area contributed by atoms with E-state index < -0.39 is 6.10 Å². The number of likely N-dealkylation sites (tertiary alicyclic amines) is 1. The van der Waals surface area contributed by atoms with E-state index in [9.17, 15) is 9.50 Å². The van der Waals surface area contributed by atoms with Crippen molar-refractivity contribution in [2.24, 2.45) is 0 Å². The predicted octanol–water partition coefficient (Wildman–Crippen LogP) is 2.04. The zero-order chi connectivity index (χ0) is 15.9. The van der Waals surface area contributed by atoms with Gasteiger partial charge in [-0.05, 0) is 38.1 Å². The van der Waals surface area contributed by atoms with Crippen LogP contribution in [0.2, 0.25) is 5.02 Å². The van der Waals surface area contributed by atoms with Crippen molar-refractivity contribution in [2.75, 3.05) is 33.4 Å². The minimum absolute atomic E-state index is 0.264. The molecule has 0 spiro atoms. The molecule has 1 heterocycles. The summed E-state index contributed by atoms with van der Waals surface area (Å²) in [4.78, 5) is 2.23. The SMILES string of the molecule is COC[C@H](O)CN1CCC(NCc2c(F)cccc2Cl)CC1. The fourth-order valence-corrected chi connectivity index (χ4v) is 3.04. The number of aliphatic hydroxyl groups is 1. The number of β-amino-alcohol motifs (C(OH)–C–C–N with tert-alkyl or cyclic N) is 1. The Labute approximate surface area is 136 Å². The van der Waals surface area contributed by atoms with Gasteiger partial charge in [0.1, 0.15) is 5.82 Å². The van der Waals surface area contributed by atoms with Crippen LogP contribution in [0.15, 0.2) is 18.2 Å². The van der Waals surface area contributed by atoms with E-state index in [0.29, 0.717) is 36.3 Å². The third kappa shape index (κ3) is 5.18. The van der Waals surface area contributed by atoms with E-state index >= 15 is 0 Å². The van der Waals surface area contributed by atoms with Crippen molar-refractivity contribution in [3.05, 3.63) is 34.6 Å². The third-order valence-electron chi connectivity index (χ3n) is 4.04. The molecule has 4 nitrogen and oxygen atoms in total. The Bertz CT molecular complexity index is 447. The average Bonchev–Trinajstić information content (AvgIpc) is 2.48. The van der Waals surface area contributed by atoms with Crippen LogP contribution in [0.4, 0.5) is 4.39 Å². The summed E-state index contributed by atoms with van der Waals surface area (Å²) >= 11 is 6.03. The highest BCUT2D eigenvalue weighted by atomic mass is 35.5. The highest BCUT2D eigenvalue weighted by molar-refractivity contribution is 6.31. The zero-order valence-corrected chi connectivity index (χ0v) is 13.7. The molecule has 0 saturated carbocycles. The first kappa shape index (κ1) is 17.6.